The summed E-state index contributed by atoms with van der Waals surface area (Å²) < 4.78 is 14.6. The average molecular weight is 228 g/mol. The van der Waals surface area contributed by atoms with Crippen LogP contribution in [0.4, 0.5) is 4.39 Å². The monoisotopic (exact) mass is 227 g/mol. The summed E-state index contributed by atoms with van der Waals surface area (Å²) in [4.78, 5) is 7.71. The van der Waals surface area contributed by atoms with Gasteiger partial charge >= 0.3 is 0 Å². The zero-order valence-electron chi connectivity index (χ0n) is 8.07. The van der Waals surface area contributed by atoms with Gasteiger partial charge in [0, 0.05) is 7.05 Å². The Labute approximate surface area is 89.9 Å². The Morgan fingerprint density at radius 2 is 2.13 bits per heavy atom. The van der Waals surface area contributed by atoms with Gasteiger partial charge in [0.15, 0.2) is 16.8 Å². The molecule has 0 N–H and O–H groups in total. The molecular formula is C8H7ClFN5. The molecule has 0 saturated heterocycles. The number of nitrogens with zero attached hydrogens (tertiary/aromatic N) is 5. The summed E-state index contributed by atoms with van der Waals surface area (Å²) in [6.45, 7) is 1.52. The lowest BCUT2D eigenvalue weighted by Crippen LogP contribution is -1.97. The number of aryl methyl sites for hydroxylation is 2. The van der Waals surface area contributed by atoms with E-state index < -0.39 is 5.82 Å². The van der Waals surface area contributed by atoms with Crippen LogP contribution in [0.1, 0.15) is 5.69 Å². The van der Waals surface area contributed by atoms with Crippen molar-refractivity contribution in [2.75, 3.05) is 0 Å². The van der Waals surface area contributed by atoms with Crippen LogP contribution in [0.25, 0.3) is 11.5 Å². The van der Waals surface area contributed by atoms with Crippen LogP contribution < -0.4 is 0 Å². The number of halogens is 2. The van der Waals surface area contributed by atoms with Crippen LogP contribution >= 0.6 is 11.6 Å². The van der Waals surface area contributed by atoms with E-state index in [4.69, 9.17) is 11.6 Å². The van der Waals surface area contributed by atoms with Gasteiger partial charge in [-0.05, 0) is 6.92 Å². The number of hydrogen-bond donors (Lipinski definition) is 0. The van der Waals surface area contributed by atoms with Crippen molar-refractivity contribution in [2.45, 2.75) is 6.92 Å². The second kappa shape index (κ2) is 3.54. The molecule has 5 nitrogen and oxygen atoms in total. The molecule has 2 aromatic rings. The highest BCUT2D eigenvalue weighted by molar-refractivity contribution is 6.29. The third kappa shape index (κ3) is 1.80. The zero-order chi connectivity index (χ0) is 11.0. The largest absolute Gasteiger partial charge is 0.255 e. The van der Waals surface area contributed by atoms with Crippen LogP contribution in [0.15, 0.2) is 6.20 Å². The molecule has 0 bridgehead atoms. The summed E-state index contributed by atoms with van der Waals surface area (Å²) in [5.74, 6) is -0.337. The highest BCUT2D eigenvalue weighted by atomic mass is 35.5. The maximum absolute atomic E-state index is 13.1. The SMILES string of the molecule is Cc1nc(-c2cn(C)nn2)nc(Cl)c1F. The Bertz CT molecular complexity index is 486. The zero-order valence-corrected chi connectivity index (χ0v) is 8.83. The number of aromatic nitrogens is 5. The van der Waals surface area contributed by atoms with Gasteiger partial charge < -0.3 is 0 Å². The lowest BCUT2D eigenvalue weighted by Gasteiger charge is -2.00. The first-order valence-electron chi connectivity index (χ1n) is 4.14. The minimum absolute atomic E-state index is 0.190. The fraction of sp³-hybridized carbons (Fsp3) is 0.250. The van der Waals surface area contributed by atoms with Crippen molar-refractivity contribution in [3.63, 3.8) is 0 Å². The van der Waals surface area contributed by atoms with Gasteiger partial charge in [-0.3, -0.25) is 4.68 Å². The molecule has 0 aliphatic carbocycles. The molecule has 7 heteroatoms. The van der Waals surface area contributed by atoms with Crippen LogP contribution in [0.3, 0.4) is 0 Å². The van der Waals surface area contributed by atoms with Crippen molar-refractivity contribution in [3.05, 3.63) is 22.9 Å². The third-order valence-electron chi connectivity index (χ3n) is 1.81. The molecule has 0 aliphatic heterocycles. The maximum Gasteiger partial charge on any atom is 0.183 e. The average Bonchev–Trinajstić information content (AvgIpc) is 2.60. The molecule has 2 rings (SSSR count). The lowest BCUT2D eigenvalue weighted by molar-refractivity contribution is 0.603. The fourth-order valence-corrected chi connectivity index (χ4v) is 1.31. The predicted molar refractivity (Wildman–Crippen MR) is 51.7 cm³/mol. The van der Waals surface area contributed by atoms with Crippen molar-refractivity contribution in [1.29, 1.82) is 0 Å². The van der Waals surface area contributed by atoms with Crippen LogP contribution in [0.5, 0.6) is 0 Å². The topological polar surface area (TPSA) is 56.5 Å². The van der Waals surface area contributed by atoms with E-state index in [-0.39, 0.29) is 16.7 Å². The van der Waals surface area contributed by atoms with E-state index in [1.165, 1.54) is 11.6 Å². The van der Waals surface area contributed by atoms with Gasteiger partial charge in [-0.1, -0.05) is 16.8 Å². The van der Waals surface area contributed by atoms with Crippen molar-refractivity contribution in [3.8, 4) is 11.5 Å². The maximum atomic E-state index is 13.1. The molecule has 0 spiro atoms. The Morgan fingerprint density at radius 1 is 1.40 bits per heavy atom. The molecule has 78 valence electrons. The van der Waals surface area contributed by atoms with Crippen LogP contribution in [-0.2, 0) is 7.05 Å². The van der Waals surface area contributed by atoms with E-state index in [9.17, 15) is 4.39 Å². The minimum atomic E-state index is -0.607. The van der Waals surface area contributed by atoms with Crippen molar-refractivity contribution < 1.29 is 4.39 Å². The first-order valence-corrected chi connectivity index (χ1v) is 4.52. The molecule has 0 aliphatic rings. The van der Waals surface area contributed by atoms with E-state index in [0.717, 1.165) is 0 Å². The lowest BCUT2D eigenvalue weighted by atomic mass is 10.4. The van der Waals surface area contributed by atoms with Crippen molar-refractivity contribution in [2.24, 2.45) is 7.05 Å². The first-order chi connectivity index (χ1) is 7.08. The Balaban J connectivity index is 2.55. The molecule has 0 unspecified atom stereocenters. The highest BCUT2D eigenvalue weighted by Gasteiger charge is 2.12. The van der Waals surface area contributed by atoms with Gasteiger partial charge in [-0.25, -0.2) is 14.4 Å². The van der Waals surface area contributed by atoms with Gasteiger partial charge in [-0.15, -0.1) is 5.10 Å². The fourth-order valence-electron chi connectivity index (χ4n) is 1.09. The third-order valence-corrected chi connectivity index (χ3v) is 2.06. The summed E-state index contributed by atoms with van der Waals surface area (Å²) in [7, 11) is 1.72. The summed E-state index contributed by atoms with van der Waals surface area (Å²) in [5, 5.41) is 7.32. The van der Waals surface area contributed by atoms with E-state index in [1.54, 1.807) is 13.2 Å². The molecule has 0 saturated carbocycles. The summed E-state index contributed by atoms with van der Waals surface area (Å²) in [5.41, 5.74) is 0.651. The van der Waals surface area contributed by atoms with Crippen LogP contribution in [0, 0.1) is 12.7 Å². The molecule has 0 radical (unpaired) electrons. The normalized spacial score (nSPS) is 10.7. The predicted octanol–water partition coefficient (Wildman–Crippen LogP) is 1.37. The molecule has 2 heterocycles. The van der Waals surface area contributed by atoms with E-state index in [2.05, 4.69) is 20.3 Å². The quantitative estimate of drug-likeness (QED) is 0.691. The second-order valence-corrected chi connectivity index (χ2v) is 3.37. The van der Waals surface area contributed by atoms with Gasteiger partial charge in [-0.2, -0.15) is 0 Å². The van der Waals surface area contributed by atoms with E-state index in [1.807, 2.05) is 0 Å². The molecule has 2 aromatic heterocycles. The molecule has 0 aromatic carbocycles. The summed E-state index contributed by atoms with van der Waals surface area (Å²) >= 11 is 5.59. The highest BCUT2D eigenvalue weighted by Crippen LogP contribution is 2.18. The van der Waals surface area contributed by atoms with E-state index in [0.29, 0.717) is 5.69 Å². The molecular weight excluding hydrogens is 221 g/mol. The smallest absolute Gasteiger partial charge is 0.183 e. The van der Waals surface area contributed by atoms with Crippen molar-refractivity contribution in [1.82, 2.24) is 25.0 Å². The Morgan fingerprint density at radius 3 is 2.67 bits per heavy atom. The summed E-state index contributed by atoms with van der Waals surface area (Å²) in [6, 6.07) is 0. The molecule has 0 fully saturated rings. The molecule has 0 atom stereocenters. The van der Waals surface area contributed by atoms with Gasteiger partial charge in [0.25, 0.3) is 0 Å². The first kappa shape index (κ1) is 9.97. The second-order valence-electron chi connectivity index (χ2n) is 3.01. The van der Waals surface area contributed by atoms with E-state index >= 15 is 0 Å². The standard InChI is InChI=1S/C8H7ClFN5/c1-4-6(10)7(9)12-8(11-4)5-3-15(2)14-13-5/h3H,1-2H3. The number of rotatable bonds is 1. The van der Waals surface area contributed by atoms with Crippen molar-refractivity contribution >= 4 is 11.6 Å². The minimum Gasteiger partial charge on any atom is -0.255 e. The summed E-state index contributed by atoms with van der Waals surface area (Å²) in [6.07, 6.45) is 1.63. The van der Waals surface area contributed by atoms with Crippen LogP contribution in [-0.4, -0.2) is 25.0 Å². The van der Waals surface area contributed by atoms with Crippen LogP contribution in [0.2, 0.25) is 5.15 Å². The van der Waals surface area contributed by atoms with Gasteiger partial charge in [0.1, 0.15) is 5.69 Å². The Kier molecular flexibility index (Phi) is 2.36. The molecule has 0 amide bonds. The van der Waals surface area contributed by atoms with Gasteiger partial charge in [0.2, 0.25) is 0 Å². The van der Waals surface area contributed by atoms with Gasteiger partial charge in [0.05, 0.1) is 11.9 Å². The Hall–Kier alpha value is -1.56. The number of hydrogen-bond acceptors (Lipinski definition) is 4. The molecule has 15 heavy (non-hydrogen) atoms.